The van der Waals surface area contributed by atoms with Gasteiger partial charge in [-0.2, -0.15) is 17.7 Å². The molecule has 0 N–H and O–H groups in total. The monoisotopic (exact) mass is 383 g/mol. The Labute approximate surface area is 151 Å². The number of alkyl halides is 3. The molecule has 0 amide bonds. The van der Waals surface area contributed by atoms with Crippen molar-refractivity contribution in [2.24, 2.45) is 0 Å². The van der Waals surface area contributed by atoms with Gasteiger partial charge in [-0.1, -0.05) is 0 Å². The average molecular weight is 383 g/mol. The quantitative estimate of drug-likeness (QED) is 0.674. The molecule has 0 spiro atoms. The van der Waals surface area contributed by atoms with Gasteiger partial charge in [-0.3, -0.25) is 4.90 Å². The second-order valence-electron chi connectivity index (χ2n) is 6.25. The second kappa shape index (κ2) is 6.76. The van der Waals surface area contributed by atoms with Gasteiger partial charge in [0, 0.05) is 12.0 Å². The summed E-state index contributed by atoms with van der Waals surface area (Å²) in [4.78, 5) is 1.97. The van der Waals surface area contributed by atoms with Crippen molar-refractivity contribution < 1.29 is 22.3 Å². The van der Waals surface area contributed by atoms with Gasteiger partial charge in [-0.15, -0.1) is 25.5 Å². The maximum absolute atomic E-state index is 12.5. The zero-order valence-corrected chi connectivity index (χ0v) is 14.3. The van der Waals surface area contributed by atoms with E-state index in [0.717, 1.165) is 18.7 Å². The van der Waals surface area contributed by atoms with Crippen molar-refractivity contribution in [3.63, 3.8) is 0 Å². The second-order valence-corrected chi connectivity index (χ2v) is 6.25. The van der Waals surface area contributed by atoms with Crippen molar-refractivity contribution in [2.75, 3.05) is 20.2 Å². The van der Waals surface area contributed by atoms with Gasteiger partial charge in [0.2, 0.25) is 11.8 Å². The Bertz CT molecular complexity index is 931. The number of fused-ring (bicyclic) bond motifs is 1. The predicted octanol–water partition coefficient (Wildman–Crippen LogP) is 1.91. The van der Waals surface area contributed by atoms with Gasteiger partial charge in [0.15, 0.2) is 11.5 Å². The summed E-state index contributed by atoms with van der Waals surface area (Å²) in [5.74, 6) is 0.00488. The molecule has 12 heteroatoms. The van der Waals surface area contributed by atoms with Crippen molar-refractivity contribution in [2.45, 2.75) is 31.5 Å². The Morgan fingerprint density at radius 3 is 2.59 bits per heavy atom. The molecule has 3 aromatic rings. The first-order chi connectivity index (χ1) is 12.9. The lowest BCUT2D eigenvalue weighted by Crippen LogP contribution is -2.33. The summed E-state index contributed by atoms with van der Waals surface area (Å²) in [7, 11) is 1.54. The highest BCUT2D eigenvalue weighted by Gasteiger charge is 2.38. The summed E-state index contributed by atoms with van der Waals surface area (Å²) in [6.07, 6.45) is -3.10. The number of likely N-dealkylation sites (tertiary alicyclic amines) is 1. The van der Waals surface area contributed by atoms with Gasteiger partial charge >= 0.3 is 12.1 Å². The minimum absolute atomic E-state index is 0.0416. The van der Waals surface area contributed by atoms with E-state index in [-0.39, 0.29) is 18.4 Å². The Kier molecular flexibility index (Phi) is 4.42. The van der Waals surface area contributed by atoms with Crippen molar-refractivity contribution in [3.05, 3.63) is 29.7 Å². The van der Waals surface area contributed by atoms with E-state index in [0.29, 0.717) is 24.6 Å². The summed E-state index contributed by atoms with van der Waals surface area (Å²) < 4.78 is 49.1. The number of methoxy groups -OCH3 is 1. The molecule has 144 valence electrons. The molecule has 0 saturated carbocycles. The fraction of sp³-hybridized carbons (Fsp3) is 0.533. The molecule has 1 aliphatic rings. The molecule has 4 rings (SSSR count). The van der Waals surface area contributed by atoms with Crippen LogP contribution in [0.2, 0.25) is 0 Å². The summed E-state index contributed by atoms with van der Waals surface area (Å²) in [5, 5.41) is 19.3. The number of nitrogens with zero attached hydrogens (tertiary/aromatic N) is 7. The number of rotatable bonds is 4. The molecule has 27 heavy (non-hydrogen) atoms. The Hall–Kier alpha value is -2.76. The van der Waals surface area contributed by atoms with E-state index in [2.05, 4.69) is 25.5 Å². The van der Waals surface area contributed by atoms with Crippen LogP contribution in [0, 0.1) is 0 Å². The minimum atomic E-state index is -4.62. The highest BCUT2D eigenvalue weighted by Crippen LogP contribution is 2.30. The number of piperidine rings is 1. The molecule has 1 aliphatic heterocycles. The molecule has 4 heterocycles. The maximum Gasteiger partial charge on any atom is 0.470 e. The van der Waals surface area contributed by atoms with E-state index in [9.17, 15) is 13.2 Å². The standard InChI is InChI=1S/C15H16F3N7O2/c1-26-11-3-2-10-19-21-13(25(10)23-11)9-4-6-24(7-5-9)8-12-20-22-14(27-12)15(16,17)18/h2-3,9H,4-8H2,1H3. The first-order valence-electron chi connectivity index (χ1n) is 8.32. The number of hydrogen-bond donors (Lipinski definition) is 0. The molecule has 0 aliphatic carbocycles. The summed E-state index contributed by atoms with van der Waals surface area (Å²) in [6, 6.07) is 3.50. The number of hydrogen-bond acceptors (Lipinski definition) is 8. The fourth-order valence-corrected chi connectivity index (χ4v) is 3.12. The third-order valence-corrected chi connectivity index (χ3v) is 4.49. The lowest BCUT2D eigenvalue weighted by atomic mass is 9.96. The van der Waals surface area contributed by atoms with Crippen molar-refractivity contribution in [3.8, 4) is 5.88 Å². The highest BCUT2D eigenvalue weighted by atomic mass is 19.4. The van der Waals surface area contributed by atoms with Crippen LogP contribution in [0.15, 0.2) is 16.5 Å². The Morgan fingerprint density at radius 2 is 1.93 bits per heavy atom. The van der Waals surface area contributed by atoms with Gasteiger partial charge in [-0.25, -0.2) is 0 Å². The van der Waals surface area contributed by atoms with Crippen LogP contribution in [0.1, 0.15) is 36.4 Å². The van der Waals surface area contributed by atoms with E-state index < -0.39 is 12.1 Å². The van der Waals surface area contributed by atoms with E-state index in [1.807, 2.05) is 4.90 Å². The van der Waals surface area contributed by atoms with E-state index in [4.69, 9.17) is 9.15 Å². The van der Waals surface area contributed by atoms with Crippen LogP contribution in [-0.2, 0) is 12.7 Å². The van der Waals surface area contributed by atoms with Crippen LogP contribution in [0.3, 0.4) is 0 Å². The molecule has 0 aromatic carbocycles. The van der Waals surface area contributed by atoms with Gasteiger partial charge in [0.05, 0.1) is 13.7 Å². The summed E-state index contributed by atoms with van der Waals surface area (Å²) in [6.45, 7) is 1.50. The summed E-state index contributed by atoms with van der Waals surface area (Å²) >= 11 is 0. The van der Waals surface area contributed by atoms with E-state index in [1.165, 1.54) is 0 Å². The molecule has 1 fully saturated rings. The fourth-order valence-electron chi connectivity index (χ4n) is 3.12. The maximum atomic E-state index is 12.5. The first kappa shape index (κ1) is 17.6. The van der Waals surface area contributed by atoms with Gasteiger partial charge in [-0.05, 0) is 32.0 Å². The van der Waals surface area contributed by atoms with Crippen LogP contribution in [-0.4, -0.2) is 55.1 Å². The Balaban J connectivity index is 1.41. The van der Waals surface area contributed by atoms with E-state index in [1.54, 1.807) is 23.8 Å². The normalized spacial score (nSPS) is 16.9. The van der Waals surface area contributed by atoms with Crippen LogP contribution in [0.4, 0.5) is 13.2 Å². The van der Waals surface area contributed by atoms with Crippen LogP contribution >= 0.6 is 0 Å². The highest BCUT2D eigenvalue weighted by molar-refractivity contribution is 5.38. The molecule has 0 unspecified atom stereocenters. The SMILES string of the molecule is COc1ccc2nnc(C3CCN(Cc4nnc(C(F)(F)F)o4)CC3)n2n1. The molecule has 0 radical (unpaired) electrons. The molecule has 1 saturated heterocycles. The molecule has 9 nitrogen and oxygen atoms in total. The topological polar surface area (TPSA) is 94.5 Å². The molecule has 3 aromatic heterocycles. The zero-order chi connectivity index (χ0) is 19.0. The smallest absolute Gasteiger partial charge is 0.470 e. The lowest BCUT2D eigenvalue weighted by Gasteiger charge is -2.29. The lowest BCUT2D eigenvalue weighted by molar-refractivity contribution is -0.157. The zero-order valence-electron chi connectivity index (χ0n) is 14.3. The van der Waals surface area contributed by atoms with Crippen LogP contribution in [0.5, 0.6) is 5.88 Å². The predicted molar refractivity (Wildman–Crippen MR) is 83.9 cm³/mol. The minimum Gasteiger partial charge on any atom is -0.480 e. The van der Waals surface area contributed by atoms with Crippen molar-refractivity contribution in [1.29, 1.82) is 0 Å². The van der Waals surface area contributed by atoms with Gasteiger partial charge < -0.3 is 9.15 Å². The number of halogens is 3. The summed E-state index contributed by atoms with van der Waals surface area (Å²) in [5.41, 5.74) is 0.638. The first-order valence-corrected chi connectivity index (χ1v) is 8.32. The van der Waals surface area contributed by atoms with Crippen LogP contribution < -0.4 is 4.74 Å². The van der Waals surface area contributed by atoms with Crippen molar-refractivity contribution >= 4 is 5.65 Å². The Morgan fingerprint density at radius 1 is 1.15 bits per heavy atom. The van der Waals surface area contributed by atoms with Gasteiger partial charge in [0.25, 0.3) is 0 Å². The van der Waals surface area contributed by atoms with Crippen molar-refractivity contribution in [1.82, 2.24) is 34.9 Å². The third kappa shape index (κ3) is 3.56. The number of ether oxygens (including phenoxy) is 1. The molecular weight excluding hydrogens is 367 g/mol. The third-order valence-electron chi connectivity index (χ3n) is 4.49. The number of aromatic nitrogens is 6. The molecule has 0 bridgehead atoms. The van der Waals surface area contributed by atoms with E-state index >= 15 is 0 Å². The van der Waals surface area contributed by atoms with Gasteiger partial charge in [0.1, 0.15) is 0 Å². The molecular formula is C15H16F3N7O2. The van der Waals surface area contributed by atoms with Crippen LogP contribution in [0.25, 0.3) is 5.65 Å². The average Bonchev–Trinajstić information content (AvgIpc) is 3.28. The molecule has 0 atom stereocenters. The largest absolute Gasteiger partial charge is 0.480 e.